The molecule has 0 unspecified atom stereocenters. The molecular formula is C27H21ClN2O5S. The molecule has 1 aliphatic rings. The molecule has 0 saturated carbocycles. The van der Waals surface area contributed by atoms with Crippen molar-refractivity contribution in [2.75, 3.05) is 18.5 Å². The molecular weight excluding hydrogens is 500 g/mol. The minimum atomic E-state index is -0.527. The van der Waals surface area contributed by atoms with Gasteiger partial charge in [-0.1, -0.05) is 41.9 Å². The van der Waals surface area contributed by atoms with Crippen LogP contribution in [-0.2, 0) is 9.59 Å². The van der Waals surface area contributed by atoms with Crippen LogP contribution < -0.4 is 10.1 Å². The van der Waals surface area contributed by atoms with E-state index in [1.807, 2.05) is 31.2 Å². The molecule has 3 aromatic rings. The van der Waals surface area contributed by atoms with Crippen molar-refractivity contribution in [3.63, 3.8) is 0 Å². The molecule has 0 bridgehead atoms. The zero-order chi connectivity index (χ0) is 25.7. The van der Waals surface area contributed by atoms with Crippen LogP contribution in [0.25, 0.3) is 6.08 Å². The maximum atomic E-state index is 12.7. The number of ketones is 1. The number of amides is 3. The maximum Gasteiger partial charge on any atom is 0.293 e. The second-order valence-corrected chi connectivity index (χ2v) is 9.35. The number of halogens is 1. The van der Waals surface area contributed by atoms with Crippen molar-refractivity contribution >= 4 is 58.0 Å². The standard InChI is InChI=1S/C27H21ClN2O5S/c1-17-4-2-3-5-22(17)29-25(32)16-35-21-12-6-18(7-13-21)14-24-26(33)30(27(34)36-24)15-23(31)19-8-10-20(28)11-9-19/h2-14H,15-16H2,1H3,(H,29,32)/b24-14-. The third-order valence-electron chi connectivity index (χ3n) is 5.31. The van der Waals surface area contributed by atoms with Crippen LogP contribution in [0.5, 0.6) is 5.75 Å². The lowest BCUT2D eigenvalue weighted by molar-refractivity contribution is -0.122. The van der Waals surface area contributed by atoms with E-state index in [4.69, 9.17) is 16.3 Å². The average Bonchev–Trinajstić information content (AvgIpc) is 3.12. The molecule has 1 heterocycles. The van der Waals surface area contributed by atoms with Crippen molar-refractivity contribution in [2.24, 2.45) is 0 Å². The fourth-order valence-corrected chi connectivity index (χ4v) is 4.33. The molecule has 0 spiro atoms. The molecule has 3 amide bonds. The number of para-hydroxylation sites is 1. The second-order valence-electron chi connectivity index (χ2n) is 7.92. The lowest BCUT2D eigenvalue weighted by atomic mass is 10.1. The van der Waals surface area contributed by atoms with Gasteiger partial charge in [-0.15, -0.1) is 0 Å². The van der Waals surface area contributed by atoms with Crippen LogP contribution in [0, 0.1) is 6.92 Å². The highest BCUT2D eigenvalue weighted by atomic mass is 35.5. The van der Waals surface area contributed by atoms with Gasteiger partial charge in [-0.3, -0.25) is 24.1 Å². The van der Waals surface area contributed by atoms with Crippen molar-refractivity contribution in [3.8, 4) is 5.75 Å². The van der Waals surface area contributed by atoms with Gasteiger partial charge in [0.15, 0.2) is 12.4 Å². The number of benzene rings is 3. The Labute approximate surface area is 217 Å². The number of aryl methyl sites for hydroxylation is 1. The number of ether oxygens (including phenoxy) is 1. The van der Waals surface area contributed by atoms with Crippen LogP contribution >= 0.6 is 23.4 Å². The van der Waals surface area contributed by atoms with Gasteiger partial charge in [0.05, 0.1) is 11.4 Å². The van der Waals surface area contributed by atoms with E-state index in [1.165, 1.54) is 0 Å². The van der Waals surface area contributed by atoms with E-state index in [2.05, 4.69) is 5.32 Å². The van der Waals surface area contributed by atoms with Crippen molar-refractivity contribution in [1.29, 1.82) is 0 Å². The molecule has 1 fully saturated rings. The van der Waals surface area contributed by atoms with Gasteiger partial charge in [0.2, 0.25) is 0 Å². The van der Waals surface area contributed by atoms with Gasteiger partial charge in [-0.25, -0.2) is 0 Å². The molecule has 9 heteroatoms. The Morgan fingerprint density at radius 3 is 2.39 bits per heavy atom. The van der Waals surface area contributed by atoms with Crippen LogP contribution in [0.2, 0.25) is 5.02 Å². The van der Waals surface area contributed by atoms with Crippen LogP contribution in [0.3, 0.4) is 0 Å². The minimum absolute atomic E-state index is 0.159. The van der Waals surface area contributed by atoms with Crippen molar-refractivity contribution in [2.45, 2.75) is 6.92 Å². The van der Waals surface area contributed by atoms with Crippen LogP contribution in [0.1, 0.15) is 21.5 Å². The summed E-state index contributed by atoms with van der Waals surface area (Å²) in [6, 6.07) is 20.5. The third kappa shape index (κ3) is 6.21. The zero-order valence-electron chi connectivity index (χ0n) is 19.2. The van der Waals surface area contributed by atoms with Crippen LogP contribution in [-0.4, -0.2) is 40.9 Å². The smallest absolute Gasteiger partial charge is 0.293 e. The molecule has 1 N–H and O–H groups in total. The fraction of sp³-hybridized carbons (Fsp3) is 0.111. The second kappa shape index (κ2) is 11.2. The number of nitrogens with one attached hydrogen (secondary N) is 1. The number of anilines is 1. The first-order valence-electron chi connectivity index (χ1n) is 10.9. The summed E-state index contributed by atoms with van der Waals surface area (Å²) >= 11 is 6.62. The molecule has 36 heavy (non-hydrogen) atoms. The van der Waals surface area contributed by atoms with Gasteiger partial charge < -0.3 is 10.1 Å². The predicted molar refractivity (Wildman–Crippen MR) is 140 cm³/mol. The highest BCUT2D eigenvalue weighted by molar-refractivity contribution is 8.18. The molecule has 0 aliphatic carbocycles. The number of carbonyl (C=O) groups is 4. The number of Topliss-reactive ketones (excluding diaryl/α,β-unsaturated/α-hetero) is 1. The summed E-state index contributed by atoms with van der Waals surface area (Å²) in [4.78, 5) is 50.9. The van der Waals surface area contributed by atoms with Crippen molar-refractivity contribution in [3.05, 3.63) is 99.4 Å². The minimum Gasteiger partial charge on any atom is -0.484 e. The quantitative estimate of drug-likeness (QED) is 0.307. The Bertz CT molecular complexity index is 1350. The van der Waals surface area contributed by atoms with Crippen LogP contribution in [0.4, 0.5) is 10.5 Å². The van der Waals surface area contributed by atoms with E-state index in [1.54, 1.807) is 54.6 Å². The Kier molecular flexibility index (Phi) is 7.87. The molecule has 0 radical (unpaired) electrons. The SMILES string of the molecule is Cc1ccccc1NC(=O)COc1ccc(/C=C2\SC(=O)N(CC(=O)c3ccc(Cl)cc3)C2=O)cc1. The van der Waals surface area contributed by atoms with Crippen LogP contribution in [0.15, 0.2) is 77.7 Å². The van der Waals surface area contributed by atoms with E-state index in [0.29, 0.717) is 21.9 Å². The van der Waals surface area contributed by atoms with E-state index in [0.717, 1.165) is 27.9 Å². The molecule has 7 nitrogen and oxygen atoms in total. The topological polar surface area (TPSA) is 92.8 Å². The number of imide groups is 1. The number of nitrogens with zero attached hydrogens (tertiary/aromatic N) is 1. The fourth-order valence-electron chi connectivity index (χ4n) is 3.37. The van der Waals surface area contributed by atoms with Gasteiger partial charge in [0, 0.05) is 16.3 Å². The largest absolute Gasteiger partial charge is 0.484 e. The van der Waals surface area contributed by atoms with Crippen molar-refractivity contribution in [1.82, 2.24) is 4.90 Å². The molecule has 4 rings (SSSR count). The molecule has 1 aliphatic heterocycles. The number of rotatable bonds is 8. The summed E-state index contributed by atoms with van der Waals surface area (Å²) in [5.41, 5.74) is 2.71. The highest BCUT2D eigenvalue weighted by Gasteiger charge is 2.36. The summed E-state index contributed by atoms with van der Waals surface area (Å²) in [5.74, 6) is -0.687. The average molecular weight is 521 g/mol. The normalized spacial score (nSPS) is 14.3. The maximum absolute atomic E-state index is 12.7. The summed E-state index contributed by atoms with van der Waals surface area (Å²) in [6.45, 7) is 1.40. The predicted octanol–water partition coefficient (Wildman–Crippen LogP) is 5.59. The van der Waals surface area contributed by atoms with Gasteiger partial charge >= 0.3 is 0 Å². The van der Waals surface area contributed by atoms with Crippen molar-refractivity contribution < 1.29 is 23.9 Å². The Morgan fingerprint density at radius 1 is 1.00 bits per heavy atom. The lowest BCUT2D eigenvalue weighted by Crippen LogP contribution is -2.33. The number of thioether (sulfide) groups is 1. The zero-order valence-corrected chi connectivity index (χ0v) is 20.8. The molecule has 182 valence electrons. The van der Waals surface area contributed by atoms with Gasteiger partial charge in [0.1, 0.15) is 5.75 Å². The Balaban J connectivity index is 1.34. The summed E-state index contributed by atoms with van der Waals surface area (Å²) in [5, 5.41) is 2.78. The van der Waals surface area contributed by atoms with Gasteiger partial charge in [0.25, 0.3) is 17.1 Å². The summed E-state index contributed by atoms with van der Waals surface area (Å²) in [6.07, 6.45) is 1.58. The summed E-state index contributed by atoms with van der Waals surface area (Å²) in [7, 11) is 0. The highest BCUT2D eigenvalue weighted by Crippen LogP contribution is 2.32. The van der Waals surface area contributed by atoms with E-state index >= 15 is 0 Å². The molecule has 0 aromatic heterocycles. The van der Waals surface area contributed by atoms with Gasteiger partial charge in [-0.05, 0) is 78.4 Å². The molecule has 0 atom stereocenters. The van der Waals surface area contributed by atoms with Gasteiger partial charge in [-0.2, -0.15) is 0 Å². The molecule has 3 aromatic carbocycles. The lowest BCUT2D eigenvalue weighted by Gasteiger charge is -2.11. The molecule has 1 saturated heterocycles. The number of hydrogen-bond donors (Lipinski definition) is 1. The number of hydrogen-bond acceptors (Lipinski definition) is 6. The third-order valence-corrected chi connectivity index (χ3v) is 6.47. The first-order chi connectivity index (χ1) is 17.3. The number of carbonyl (C=O) groups excluding carboxylic acids is 4. The van der Waals surface area contributed by atoms with E-state index in [9.17, 15) is 19.2 Å². The first-order valence-corrected chi connectivity index (χ1v) is 12.1. The van der Waals surface area contributed by atoms with E-state index in [-0.39, 0.29) is 29.7 Å². The van der Waals surface area contributed by atoms with E-state index < -0.39 is 11.1 Å². The summed E-state index contributed by atoms with van der Waals surface area (Å²) < 4.78 is 5.54. The monoisotopic (exact) mass is 520 g/mol. The Hall–Kier alpha value is -3.88. The Morgan fingerprint density at radius 2 is 1.69 bits per heavy atom. The first kappa shape index (κ1) is 25.2.